The van der Waals surface area contributed by atoms with Crippen LogP contribution < -0.4 is 19.5 Å². The van der Waals surface area contributed by atoms with Gasteiger partial charge in [0.25, 0.3) is 5.91 Å². The Morgan fingerprint density at radius 1 is 1.14 bits per heavy atom. The van der Waals surface area contributed by atoms with Gasteiger partial charge in [-0.2, -0.15) is 9.36 Å². The van der Waals surface area contributed by atoms with E-state index in [0.717, 1.165) is 17.1 Å². The monoisotopic (exact) mass is 419 g/mol. The van der Waals surface area contributed by atoms with Crippen molar-refractivity contribution in [1.82, 2.24) is 9.36 Å². The molecule has 0 aliphatic heterocycles. The van der Waals surface area contributed by atoms with Gasteiger partial charge in [0.15, 0.2) is 23.9 Å². The molecule has 9 heteroatoms. The maximum absolute atomic E-state index is 12.1. The third-order valence-electron chi connectivity index (χ3n) is 3.59. The highest BCUT2D eigenvalue weighted by Crippen LogP contribution is 2.32. The number of methoxy groups -OCH3 is 1. The number of nitrogens with one attached hydrogen (secondary N) is 1. The van der Waals surface area contributed by atoms with Gasteiger partial charge >= 0.3 is 0 Å². The van der Waals surface area contributed by atoms with Crippen LogP contribution in [0.15, 0.2) is 42.5 Å². The van der Waals surface area contributed by atoms with E-state index in [9.17, 15) is 4.79 Å². The van der Waals surface area contributed by atoms with Gasteiger partial charge < -0.3 is 14.2 Å². The number of benzene rings is 2. The van der Waals surface area contributed by atoms with Crippen LogP contribution in [0.5, 0.6) is 17.2 Å². The quantitative estimate of drug-likeness (QED) is 0.586. The van der Waals surface area contributed by atoms with Gasteiger partial charge in [-0.25, -0.2) is 0 Å². The second-order valence-electron chi connectivity index (χ2n) is 5.49. The molecule has 0 unspecified atom stereocenters. The number of nitrogens with zero attached hydrogens (tertiary/aromatic N) is 2. The van der Waals surface area contributed by atoms with Crippen LogP contribution in [0.2, 0.25) is 5.02 Å². The Kier molecular flexibility index (Phi) is 6.67. The van der Waals surface area contributed by atoms with Gasteiger partial charge in [-0.3, -0.25) is 10.1 Å². The van der Waals surface area contributed by atoms with E-state index in [-0.39, 0.29) is 12.5 Å². The Morgan fingerprint density at radius 3 is 2.71 bits per heavy atom. The minimum Gasteiger partial charge on any atom is -0.493 e. The normalized spacial score (nSPS) is 10.4. The summed E-state index contributed by atoms with van der Waals surface area (Å²) in [7, 11) is 1.57. The molecule has 1 N–H and O–H groups in total. The van der Waals surface area contributed by atoms with Gasteiger partial charge in [-0.15, -0.1) is 0 Å². The highest BCUT2D eigenvalue weighted by atomic mass is 35.5. The molecule has 1 heterocycles. The van der Waals surface area contributed by atoms with Crippen LogP contribution in [0.1, 0.15) is 6.92 Å². The molecule has 28 heavy (non-hydrogen) atoms. The van der Waals surface area contributed by atoms with Gasteiger partial charge in [-0.1, -0.05) is 23.7 Å². The number of amides is 1. The van der Waals surface area contributed by atoms with E-state index in [2.05, 4.69) is 14.7 Å². The molecule has 0 spiro atoms. The third-order valence-corrected chi connectivity index (χ3v) is 4.53. The lowest BCUT2D eigenvalue weighted by Gasteiger charge is -2.09. The van der Waals surface area contributed by atoms with E-state index in [1.165, 1.54) is 0 Å². The molecule has 3 rings (SSSR count). The Morgan fingerprint density at radius 2 is 1.96 bits per heavy atom. The summed E-state index contributed by atoms with van der Waals surface area (Å²) in [5, 5.41) is 3.48. The van der Waals surface area contributed by atoms with Crippen LogP contribution in [0, 0.1) is 0 Å². The molecule has 146 valence electrons. The Hall–Kier alpha value is -2.84. The van der Waals surface area contributed by atoms with E-state index < -0.39 is 0 Å². The molecule has 1 amide bonds. The highest BCUT2D eigenvalue weighted by Gasteiger charge is 2.13. The molecule has 1 aromatic heterocycles. The largest absolute Gasteiger partial charge is 0.493 e. The SMILES string of the molecule is CCOc1ccc(-c2nsc(NC(=O)COc3ccccc3Cl)n2)cc1OC. The highest BCUT2D eigenvalue weighted by molar-refractivity contribution is 7.10. The minimum atomic E-state index is -0.355. The number of aromatic nitrogens is 2. The molecule has 7 nitrogen and oxygen atoms in total. The fraction of sp³-hybridized carbons (Fsp3) is 0.211. The van der Waals surface area contributed by atoms with Crippen LogP contribution in [0.4, 0.5) is 5.13 Å². The first-order chi connectivity index (χ1) is 13.6. The number of halogens is 1. The molecule has 0 aliphatic rings. The predicted octanol–water partition coefficient (Wildman–Crippen LogP) is 4.28. The summed E-state index contributed by atoms with van der Waals surface area (Å²) < 4.78 is 20.5. The van der Waals surface area contributed by atoms with E-state index in [1.54, 1.807) is 43.5 Å². The average Bonchev–Trinajstić information content (AvgIpc) is 3.16. The first-order valence-electron chi connectivity index (χ1n) is 8.42. The summed E-state index contributed by atoms with van der Waals surface area (Å²) in [6.45, 7) is 2.26. The summed E-state index contributed by atoms with van der Waals surface area (Å²) in [6, 6.07) is 12.4. The van der Waals surface area contributed by atoms with Gasteiger partial charge in [0.05, 0.1) is 18.7 Å². The lowest BCUT2D eigenvalue weighted by molar-refractivity contribution is -0.118. The van der Waals surface area contributed by atoms with Crippen molar-refractivity contribution < 1.29 is 19.0 Å². The zero-order valence-electron chi connectivity index (χ0n) is 15.3. The summed E-state index contributed by atoms with van der Waals surface area (Å²) in [6.07, 6.45) is 0. The number of hydrogen-bond donors (Lipinski definition) is 1. The number of carbonyl (C=O) groups is 1. The number of carbonyl (C=O) groups excluding carboxylic acids is 1. The van der Waals surface area contributed by atoms with Gasteiger partial charge in [0, 0.05) is 17.1 Å². The van der Waals surface area contributed by atoms with Crippen LogP contribution in [-0.4, -0.2) is 35.6 Å². The topological polar surface area (TPSA) is 82.6 Å². The van der Waals surface area contributed by atoms with Crippen molar-refractivity contribution in [2.75, 3.05) is 25.6 Å². The third kappa shape index (κ3) is 4.90. The molecule has 0 atom stereocenters. The van der Waals surface area contributed by atoms with Crippen molar-refractivity contribution in [1.29, 1.82) is 0 Å². The fourth-order valence-electron chi connectivity index (χ4n) is 2.33. The fourth-order valence-corrected chi connectivity index (χ4v) is 3.13. The van der Waals surface area contributed by atoms with Crippen molar-refractivity contribution >= 4 is 34.2 Å². The Labute approximate surface area is 171 Å². The number of anilines is 1. The summed E-state index contributed by atoms with van der Waals surface area (Å²) >= 11 is 7.08. The smallest absolute Gasteiger partial charge is 0.264 e. The van der Waals surface area contributed by atoms with Gasteiger partial charge in [0.2, 0.25) is 5.13 Å². The van der Waals surface area contributed by atoms with Crippen molar-refractivity contribution in [2.45, 2.75) is 6.92 Å². The first-order valence-corrected chi connectivity index (χ1v) is 9.58. The molecule has 0 saturated heterocycles. The maximum Gasteiger partial charge on any atom is 0.264 e. The zero-order chi connectivity index (χ0) is 19.9. The molecule has 0 bridgehead atoms. The number of rotatable bonds is 8. The number of para-hydroxylation sites is 1. The van der Waals surface area contributed by atoms with Crippen LogP contribution in [-0.2, 0) is 4.79 Å². The second-order valence-corrected chi connectivity index (χ2v) is 6.65. The van der Waals surface area contributed by atoms with E-state index >= 15 is 0 Å². The second kappa shape index (κ2) is 9.38. The van der Waals surface area contributed by atoms with Crippen molar-refractivity contribution in [3.05, 3.63) is 47.5 Å². The summed E-state index contributed by atoms with van der Waals surface area (Å²) in [4.78, 5) is 16.4. The molecular formula is C19H18ClN3O4S. The summed E-state index contributed by atoms with van der Waals surface area (Å²) in [5.41, 5.74) is 0.754. The zero-order valence-corrected chi connectivity index (χ0v) is 16.8. The van der Waals surface area contributed by atoms with Crippen molar-refractivity contribution in [3.8, 4) is 28.6 Å². The first kappa shape index (κ1) is 19.9. The predicted molar refractivity (Wildman–Crippen MR) is 109 cm³/mol. The molecule has 2 aromatic carbocycles. The van der Waals surface area contributed by atoms with E-state index in [1.807, 2.05) is 13.0 Å². The van der Waals surface area contributed by atoms with Crippen molar-refractivity contribution in [2.24, 2.45) is 0 Å². The minimum absolute atomic E-state index is 0.185. The standard InChI is InChI=1S/C19H18ClN3O4S/c1-3-26-15-9-8-12(10-16(15)25-2)18-22-19(28-23-18)21-17(24)11-27-14-7-5-4-6-13(14)20/h4-10H,3,11H2,1-2H3,(H,21,22,23,24). The summed E-state index contributed by atoms with van der Waals surface area (Å²) in [5.74, 6) is 1.81. The maximum atomic E-state index is 12.1. The molecule has 0 aliphatic carbocycles. The molecule has 0 saturated carbocycles. The Balaban J connectivity index is 1.64. The molecular weight excluding hydrogens is 402 g/mol. The van der Waals surface area contributed by atoms with Crippen LogP contribution in [0.25, 0.3) is 11.4 Å². The van der Waals surface area contributed by atoms with Crippen molar-refractivity contribution in [3.63, 3.8) is 0 Å². The van der Waals surface area contributed by atoms with E-state index in [0.29, 0.717) is 39.8 Å². The average molecular weight is 420 g/mol. The number of hydrogen-bond acceptors (Lipinski definition) is 7. The van der Waals surface area contributed by atoms with E-state index in [4.69, 9.17) is 25.8 Å². The van der Waals surface area contributed by atoms with Gasteiger partial charge in [-0.05, 0) is 37.3 Å². The molecule has 0 fully saturated rings. The Bertz CT molecular complexity index is 964. The molecule has 3 aromatic rings. The van der Waals surface area contributed by atoms with Crippen LogP contribution in [0.3, 0.4) is 0 Å². The van der Waals surface area contributed by atoms with Gasteiger partial charge in [0.1, 0.15) is 5.75 Å². The molecule has 0 radical (unpaired) electrons. The number of ether oxygens (including phenoxy) is 3. The van der Waals surface area contributed by atoms with Crippen LogP contribution >= 0.6 is 23.1 Å². The lowest BCUT2D eigenvalue weighted by Crippen LogP contribution is -2.20. The lowest BCUT2D eigenvalue weighted by atomic mass is 10.2.